The summed E-state index contributed by atoms with van der Waals surface area (Å²) in [6.07, 6.45) is 2.94. The fraction of sp³-hybridized carbons (Fsp3) is 0.0500. The van der Waals surface area contributed by atoms with Gasteiger partial charge in [0.2, 0.25) is 5.76 Å². The van der Waals surface area contributed by atoms with Gasteiger partial charge in [-0.1, -0.05) is 12.1 Å². The molecule has 0 aliphatic heterocycles. The van der Waals surface area contributed by atoms with Crippen LogP contribution in [0.2, 0.25) is 0 Å². The van der Waals surface area contributed by atoms with Gasteiger partial charge in [0, 0.05) is 34.6 Å². The Balaban J connectivity index is 1.64. The van der Waals surface area contributed by atoms with Gasteiger partial charge in [0.25, 0.3) is 0 Å². The number of nitrogens with two attached hydrogens (primary N) is 1. The van der Waals surface area contributed by atoms with Gasteiger partial charge in [-0.15, -0.1) is 0 Å². The van der Waals surface area contributed by atoms with Gasteiger partial charge in [0.05, 0.1) is 5.69 Å². The number of nitrogens with one attached hydrogen (secondary N) is 1. The van der Waals surface area contributed by atoms with E-state index in [1.807, 2.05) is 12.1 Å². The molecule has 148 valence electrons. The number of carboxylic acid groups (broad SMARTS) is 1. The van der Waals surface area contributed by atoms with Crippen molar-refractivity contribution in [2.75, 3.05) is 10.5 Å². The molecule has 0 fully saturated rings. The van der Waals surface area contributed by atoms with E-state index in [0.29, 0.717) is 27.9 Å². The Kier molecular flexibility index (Phi) is 4.31. The van der Waals surface area contributed by atoms with Crippen LogP contribution in [0.15, 0.2) is 65.3 Å². The zero-order valence-electron chi connectivity index (χ0n) is 15.3. The monoisotopic (exact) mass is 411 g/mol. The quantitative estimate of drug-likeness (QED) is 0.430. The first-order valence-corrected chi connectivity index (χ1v) is 10.0. The van der Waals surface area contributed by atoms with Crippen molar-refractivity contribution >= 4 is 38.5 Å². The number of aryl methyl sites for hydroxylation is 1. The fourth-order valence-corrected chi connectivity index (χ4v) is 4.07. The number of benzene rings is 2. The lowest BCUT2D eigenvalue weighted by Gasteiger charge is -2.09. The van der Waals surface area contributed by atoms with Crippen LogP contribution in [0, 0.1) is 6.92 Å². The van der Waals surface area contributed by atoms with Gasteiger partial charge in [-0.05, 0) is 48.9 Å². The summed E-state index contributed by atoms with van der Waals surface area (Å²) in [5.74, 6) is -1.35. The van der Waals surface area contributed by atoms with Crippen LogP contribution >= 0.6 is 0 Å². The second-order valence-electron chi connectivity index (χ2n) is 6.53. The van der Waals surface area contributed by atoms with E-state index in [1.165, 1.54) is 24.5 Å². The summed E-state index contributed by atoms with van der Waals surface area (Å²) >= 11 is 0. The van der Waals surface area contributed by atoms with Crippen molar-refractivity contribution in [3.8, 4) is 11.1 Å². The first-order valence-electron chi connectivity index (χ1n) is 8.58. The molecule has 2 heterocycles. The average Bonchev–Trinajstić information content (AvgIpc) is 3.28. The van der Waals surface area contributed by atoms with Gasteiger partial charge in [0.1, 0.15) is 5.58 Å². The van der Waals surface area contributed by atoms with Crippen LogP contribution in [0.25, 0.3) is 22.1 Å². The standard InChI is InChI=1S/C20H17N3O5S/c1-12-17-10-16(6-7-18(17)28-19(12)20(24)25)22-29(26,27)23-9-8-14(11-23)13-2-4-15(21)5-3-13/h2-11,22H,21H2,1H3,(H,24,25). The third-order valence-electron chi connectivity index (χ3n) is 4.57. The Morgan fingerprint density at radius 1 is 1.10 bits per heavy atom. The summed E-state index contributed by atoms with van der Waals surface area (Å²) in [4.78, 5) is 11.2. The Morgan fingerprint density at radius 2 is 1.83 bits per heavy atom. The van der Waals surface area contributed by atoms with Gasteiger partial charge < -0.3 is 15.3 Å². The molecule has 0 spiro atoms. The number of nitrogen functional groups attached to an aromatic ring is 1. The van der Waals surface area contributed by atoms with Crippen molar-refractivity contribution in [2.24, 2.45) is 0 Å². The number of nitrogens with zero attached hydrogens (tertiary/aromatic N) is 1. The molecule has 0 amide bonds. The molecule has 0 bridgehead atoms. The lowest BCUT2D eigenvalue weighted by Crippen LogP contribution is -2.20. The number of aromatic carboxylic acids is 1. The maximum atomic E-state index is 12.7. The molecule has 0 aliphatic carbocycles. The van der Waals surface area contributed by atoms with Crippen molar-refractivity contribution in [2.45, 2.75) is 6.92 Å². The average molecular weight is 411 g/mol. The zero-order chi connectivity index (χ0) is 20.8. The minimum absolute atomic E-state index is 0.168. The summed E-state index contributed by atoms with van der Waals surface area (Å²) in [6.45, 7) is 1.61. The van der Waals surface area contributed by atoms with E-state index in [-0.39, 0.29) is 5.76 Å². The predicted octanol–water partition coefficient (Wildman–Crippen LogP) is 3.70. The number of rotatable bonds is 5. The molecule has 2 aromatic heterocycles. The molecule has 0 saturated heterocycles. The van der Waals surface area contributed by atoms with E-state index in [0.717, 1.165) is 15.1 Å². The molecular formula is C20H17N3O5S. The second kappa shape index (κ2) is 6.71. The number of hydrogen-bond donors (Lipinski definition) is 3. The second-order valence-corrected chi connectivity index (χ2v) is 8.11. The number of fused-ring (bicyclic) bond motifs is 1. The number of aromatic nitrogens is 1. The molecule has 0 unspecified atom stereocenters. The first-order chi connectivity index (χ1) is 13.7. The molecule has 4 aromatic rings. The Hall–Kier alpha value is -3.72. The number of furan rings is 1. The smallest absolute Gasteiger partial charge is 0.372 e. The van der Waals surface area contributed by atoms with Gasteiger partial charge in [0.15, 0.2) is 0 Å². The lowest BCUT2D eigenvalue weighted by atomic mass is 10.1. The van der Waals surface area contributed by atoms with Crippen LogP contribution in [0.4, 0.5) is 11.4 Å². The molecule has 0 atom stereocenters. The molecule has 0 aliphatic rings. The highest BCUT2D eigenvalue weighted by atomic mass is 32.2. The van der Waals surface area contributed by atoms with Crippen molar-refractivity contribution < 1.29 is 22.7 Å². The van der Waals surface area contributed by atoms with Crippen LogP contribution in [-0.2, 0) is 10.2 Å². The molecular weight excluding hydrogens is 394 g/mol. The van der Waals surface area contributed by atoms with Crippen LogP contribution in [0.3, 0.4) is 0 Å². The number of carbonyl (C=O) groups is 1. The molecule has 8 nitrogen and oxygen atoms in total. The van der Waals surface area contributed by atoms with Crippen LogP contribution < -0.4 is 10.5 Å². The van der Waals surface area contributed by atoms with Gasteiger partial charge in [-0.3, -0.25) is 4.72 Å². The maximum Gasteiger partial charge on any atom is 0.372 e. The van der Waals surface area contributed by atoms with E-state index < -0.39 is 16.2 Å². The van der Waals surface area contributed by atoms with Gasteiger partial charge in [-0.25, -0.2) is 8.77 Å². The number of carboxylic acids is 1. The third-order valence-corrected chi connectivity index (χ3v) is 5.84. The fourth-order valence-electron chi connectivity index (χ4n) is 3.06. The van der Waals surface area contributed by atoms with Crippen molar-refractivity contribution in [1.29, 1.82) is 0 Å². The molecule has 4 N–H and O–H groups in total. The van der Waals surface area contributed by atoms with E-state index in [4.69, 9.17) is 15.3 Å². The van der Waals surface area contributed by atoms with Crippen molar-refractivity contribution in [1.82, 2.24) is 3.97 Å². The maximum absolute atomic E-state index is 12.7. The molecule has 2 aromatic carbocycles. The minimum Gasteiger partial charge on any atom is -0.475 e. The van der Waals surface area contributed by atoms with E-state index >= 15 is 0 Å². The number of hydrogen-bond acceptors (Lipinski definition) is 5. The van der Waals surface area contributed by atoms with E-state index in [2.05, 4.69) is 4.72 Å². The summed E-state index contributed by atoms with van der Waals surface area (Å²) in [5.41, 5.74) is 8.96. The summed E-state index contributed by atoms with van der Waals surface area (Å²) in [6, 6.07) is 13.4. The summed E-state index contributed by atoms with van der Waals surface area (Å²) < 4.78 is 34.4. The van der Waals surface area contributed by atoms with Crippen molar-refractivity contribution in [3.05, 3.63) is 72.2 Å². The first kappa shape index (κ1) is 18.6. The van der Waals surface area contributed by atoms with Crippen LogP contribution in [-0.4, -0.2) is 23.5 Å². The van der Waals surface area contributed by atoms with Crippen LogP contribution in [0.5, 0.6) is 0 Å². The zero-order valence-corrected chi connectivity index (χ0v) is 16.1. The normalized spacial score (nSPS) is 11.6. The highest BCUT2D eigenvalue weighted by Crippen LogP contribution is 2.29. The third kappa shape index (κ3) is 3.43. The molecule has 4 rings (SSSR count). The molecule has 29 heavy (non-hydrogen) atoms. The highest BCUT2D eigenvalue weighted by Gasteiger charge is 2.19. The summed E-state index contributed by atoms with van der Waals surface area (Å²) in [7, 11) is -3.90. The lowest BCUT2D eigenvalue weighted by molar-refractivity contribution is 0.0664. The number of anilines is 2. The minimum atomic E-state index is -3.90. The van der Waals surface area contributed by atoms with E-state index in [9.17, 15) is 13.2 Å². The highest BCUT2D eigenvalue weighted by molar-refractivity contribution is 7.91. The Bertz CT molecular complexity index is 1330. The molecule has 0 radical (unpaired) electrons. The molecule has 9 heteroatoms. The Labute approximate surface area is 166 Å². The SMILES string of the molecule is Cc1c(C(=O)O)oc2ccc(NS(=O)(=O)n3ccc(-c4ccc(N)cc4)c3)cc12. The van der Waals surface area contributed by atoms with E-state index in [1.54, 1.807) is 31.2 Å². The predicted molar refractivity (Wildman–Crippen MR) is 110 cm³/mol. The topological polar surface area (TPSA) is 128 Å². The van der Waals surface area contributed by atoms with Gasteiger partial charge in [-0.2, -0.15) is 8.42 Å². The van der Waals surface area contributed by atoms with Gasteiger partial charge >= 0.3 is 16.2 Å². The van der Waals surface area contributed by atoms with Crippen LogP contribution in [0.1, 0.15) is 16.1 Å². The summed E-state index contributed by atoms with van der Waals surface area (Å²) in [5, 5.41) is 9.69. The largest absolute Gasteiger partial charge is 0.475 e. The molecule has 0 saturated carbocycles. The van der Waals surface area contributed by atoms with Crippen molar-refractivity contribution in [3.63, 3.8) is 0 Å². The Morgan fingerprint density at radius 3 is 2.52 bits per heavy atom.